The number of amides is 1. The fourth-order valence-electron chi connectivity index (χ4n) is 2.25. The normalized spacial score (nSPS) is 15.1. The summed E-state index contributed by atoms with van der Waals surface area (Å²) in [5.74, 6) is -0.0623. The van der Waals surface area contributed by atoms with E-state index >= 15 is 0 Å². The number of hydrogen-bond donors (Lipinski definition) is 2. The highest BCUT2D eigenvalue weighted by Gasteiger charge is 2.24. The van der Waals surface area contributed by atoms with Gasteiger partial charge in [-0.15, -0.1) is 11.3 Å². The summed E-state index contributed by atoms with van der Waals surface area (Å²) in [5, 5.41) is 16.1. The van der Waals surface area contributed by atoms with Crippen LogP contribution in [0.25, 0.3) is 0 Å². The number of anilines is 1. The molecule has 0 aliphatic carbocycles. The highest BCUT2D eigenvalue weighted by Crippen LogP contribution is 2.40. The van der Waals surface area contributed by atoms with Crippen molar-refractivity contribution < 1.29 is 9.90 Å². The molecule has 1 unspecified atom stereocenters. The Hall–Kier alpha value is -1.07. The number of benzene rings is 1. The van der Waals surface area contributed by atoms with E-state index in [-0.39, 0.29) is 5.91 Å². The van der Waals surface area contributed by atoms with Gasteiger partial charge in [0.2, 0.25) is 5.91 Å². The number of carbonyl (C=O) groups excluding carboxylic acids is 1. The molecule has 1 aliphatic rings. The van der Waals surface area contributed by atoms with Crippen LogP contribution in [0.2, 0.25) is 10.0 Å². The molecule has 104 valence electrons. The summed E-state index contributed by atoms with van der Waals surface area (Å²) in [6.45, 7) is 1.89. The number of aliphatic hydroxyl groups excluding tert-OH is 1. The molecule has 0 radical (unpaired) electrons. The zero-order valence-corrected chi connectivity index (χ0v) is 12.9. The number of hydrogen-bond acceptors (Lipinski definition) is 3. The molecule has 0 bridgehead atoms. The molecule has 3 rings (SSSR count). The minimum Gasteiger partial charge on any atom is -0.383 e. The molecular weight excluding hydrogens is 317 g/mol. The van der Waals surface area contributed by atoms with Gasteiger partial charge in [-0.3, -0.25) is 4.79 Å². The van der Waals surface area contributed by atoms with E-state index in [1.54, 1.807) is 12.1 Å². The summed E-state index contributed by atoms with van der Waals surface area (Å²) in [5.41, 5.74) is 3.06. The Kier molecular flexibility index (Phi) is 3.50. The van der Waals surface area contributed by atoms with Gasteiger partial charge in [0.05, 0.1) is 16.3 Å². The number of nitrogens with one attached hydrogen (secondary N) is 1. The molecular formula is C14H11Cl2NO2S. The van der Waals surface area contributed by atoms with Crippen LogP contribution >= 0.6 is 34.5 Å². The van der Waals surface area contributed by atoms with Gasteiger partial charge in [0, 0.05) is 16.3 Å². The molecule has 1 aromatic heterocycles. The lowest BCUT2D eigenvalue weighted by molar-refractivity contribution is -0.115. The summed E-state index contributed by atoms with van der Waals surface area (Å²) in [6, 6.07) is 3.44. The van der Waals surface area contributed by atoms with Crippen LogP contribution in [0.1, 0.15) is 27.7 Å². The first-order chi connectivity index (χ1) is 9.47. The van der Waals surface area contributed by atoms with Gasteiger partial charge in [-0.05, 0) is 35.6 Å². The Labute approximate surface area is 130 Å². The molecule has 2 aromatic rings. The minimum absolute atomic E-state index is 0.0623. The zero-order valence-electron chi connectivity index (χ0n) is 10.5. The van der Waals surface area contributed by atoms with Crippen molar-refractivity contribution in [3.05, 3.63) is 49.1 Å². The first kappa shape index (κ1) is 13.9. The maximum Gasteiger partial charge on any atom is 0.228 e. The van der Waals surface area contributed by atoms with E-state index in [1.807, 2.05) is 12.3 Å². The molecule has 20 heavy (non-hydrogen) atoms. The smallest absolute Gasteiger partial charge is 0.228 e. The molecule has 3 nitrogen and oxygen atoms in total. The van der Waals surface area contributed by atoms with Crippen LogP contribution in [0.15, 0.2) is 17.5 Å². The van der Waals surface area contributed by atoms with Crippen LogP contribution in [-0.4, -0.2) is 11.0 Å². The van der Waals surface area contributed by atoms with E-state index in [0.717, 1.165) is 11.1 Å². The lowest BCUT2D eigenvalue weighted by atomic mass is 10.0. The number of aryl methyl sites for hydroxylation is 1. The largest absolute Gasteiger partial charge is 0.383 e. The molecule has 0 saturated carbocycles. The van der Waals surface area contributed by atoms with Crippen LogP contribution in [0.3, 0.4) is 0 Å². The number of carbonyl (C=O) groups is 1. The number of aliphatic hydroxyl groups is 1. The standard InChI is InChI=1S/C14H11Cl2NO2S/c1-6-5-20-14(12(6)16)13(19)8-2-7-3-11(18)17-10(7)4-9(8)15/h2,4-5,13,19H,3H2,1H3,(H,17,18). The van der Waals surface area contributed by atoms with E-state index < -0.39 is 6.10 Å². The SMILES string of the molecule is Cc1csc(C(O)c2cc3c(cc2Cl)NC(=O)C3)c1Cl. The second kappa shape index (κ2) is 5.04. The van der Waals surface area contributed by atoms with Crippen molar-refractivity contribution in [2.75, 3.05) is 5.32 Å². The molecule has 2 N–H and O–H groups in total. The van der Waals surface area contributed by atoms with Crippen molar-refractivity contribution in [3.8, 4) is 0 Å². The fourth-order valence-corrected chi connectivity index (χ4v) is 3.82. The fraction of sp³-hybridized carbons (Fsp3) is 0.214. The van der Waals surface area contributed by atoms with Crippen LogP contribution in [-0.2, 0) is 11.2 Å². The summed E-state index contributed by atoms with van der Waals surface area (Å²) < 4.78 is 0. The molecule has 1 atom stereocenters. The van der Waals surface area contributed by atoms with Crippen LogP contribution in [0, 0.1) is 6.92 Å². The van der Waals surface area contributed by atoms with Gasteiger partial charge in [-0.1, -0.05) is 23.2 Å². The average Bonchev–Trinajstić information content (AvgIpc) is 2.91. The first-order valence-electron chi connectivity index (χ1n) is 6.01. The van der Waals surface area contributed by atoms with E-state index in [1.165, 1.54) is 11.3 Å². The average molecular weight is 328 g/mol. The van der Waals surface area contributed by atoms with Crippen LogP contribution in [0.5, 0.6) is 0 Å². The molecule has 0 spiro atoms. The van der Waals surface area contributed by atoms with Gasteiger partial charge in [0.1, 0.15) is 6.10 Å². The van der Waals surface area contributed by atoms with E-state index in [0.29, 0.717) is 32.6 Å². The van der Waals surface area contributed by atoms with Gasteiger partial charge >= 0.3 is 0 Å². The Morgan fingerprint density at radius 3 is 2.80 bits per heavy atom. The zero-order chi connectivity index (χ0) is 14.4. The van der Waals surface area contributed by atoms with Gasteiger partial charge in [-0.2, -0.15) is 0 Å². The Balaban J connectivity index is 2.05. The summed E-state index contributed by atoms with van der Waals surface area (Å²) in [6.07, 6.45) is -0.571. The van der Waals surface area contributed by atoms with Crippen molar-refractivity contribution in [1.29, 1.82) is 0 Å². The Bertz CT molecular complexity index is 711. The minimum atomic E-state index is -0.880. The Morgan fingerprint density at radius 1 is 1.40 bits per heavy atom. The third-order valence-corrected chi connectivity index (χ3v) is 5.41. The first-order valence-corrected chi connectivity index (χ1v) is 7.64. The van der Waals surface area contributed by atoms with E-state index in [2.05, 4.69) is 5.32 Å². The summed E-state index contributed by atoms with van der Waals surface area (Å²) in [7, 11) is 0. The van der Waals surface area contributed by atoms with Gasteiger partial charge < -0.3 is 10.4 Å². The molecule has 1 amide bonds. The lowest BCUT2D eigenvalue weighted by Gasteiger charge is -2.13. The maximum atomic E-state index is 11.4. The van der Waals surface area contributed by atoms with Gasteiger partial charge in [-0.25, -0.2) is 0 Å². The summed E-state index contributed by atoms with van der Waals surface area (Å²) >= 11 is 13.8. The summed E-state index contributed by atoms with van der Waals surface area (Å²) in [4.78, 5) is 12.1. The van der Waals surface area contributed by atoms with E-state index in [4.69, 9.17) is 23.2 Å². The molecule has 0 saturated heterocycles. The number of halogens is 2. The van der Waals surface area contributed by atoms with E-state index in [9.17, 15) is 9.90 Å². The molecule has 0 fully saturated rings. The number of thiophene rings is 1. The van der Waals surface area contributed by atoms with Crippen molar-refractivity contribution in [2.45, 2.75) is 19.4 Å². The molecule has 2 heterocycles. The number of fused-ring (bicyclic) bond motifs is 1. The number of rotatable bonds is 2. The van der Waals surface area contributed by atoms with Crippen molar-refractivity contribution in [2.24, 2.45) is 0 Å². The van der Waals surface area contributed by atoms with Crippen molar-refractivity contribution in [3.63, 3.8) is 0 Å². The highest BCUT2D eigenvalue weighted by molar-refractivity contribution is 7.10. The predicted molar refractivity (Wildman–Crippen MR) is 81.9 cm³/mol. The second-order valence-electron chi connectivity index (χ2n) is 4.76. The lowest BCUT2D eigenvalue weighted by Crippen LogP contribution is -2.03. The molecule has 6 heteroatoms. The van der Waals surface area contributed by atoms with Crippen LogP contribution in [0.4, 0.5) is 5.69 Å². The molecule has 1 aliphatic heterocycles. The second-order valence-corrected chi connectivity index (χ2v) is 6.45. The maximum absolute atomic E-state index is 11.4. The monoisotopic (exact) mass is 327 g/mol. The molecule has 1 aromatic carbocycles. The van der Waals surface area contributed by atoms with Crippen molar-refractivity contribution in [1.82, 2.24) is 0 Å². The topological polar surface area (TPSA) is 49.3 Å². The quantitative estimate of drug-likeness (QED) is 0.877. The Morgan fingerprint density at radius 2 is 2.15 bits per heavy atom. The van der Waals surface area contributed by atoms with Gasteiger partial charge in [0.15, 0.2) is 0 Å². The van der Waals surface area contributed by atoms with Gasteiger partial charge in [0.25, 0.3) is 0 Å². The van der Waals surface area contributed by atoms with Crippen molar-refractivity contribution >= 4 is 46.1 Å². The van der Waals surface area contributed by atoms with Crippen LogP contribution < -0.4 is 5.32 Å². The predicted octanol–water partition coefficient (Wildman–Crippen LogP) is 3.94. The highest BCUT2D eigenvalue weighted by atomic mass is 35.5. The third-order valence-electron chi connectivity index (χ3n) is 3.32. The third kappa shape index (κ3) is 2.23.